The Morgan fingerprint density at radius 1 is 1.12 bits per heavy atom. The molecule has 168 valence electrons. The Morgan fingerprint density at radius 3 is 2.42 bits per heavy atom. The molecule has 2 unspecified atom stereocenters. The summed E-state index contributed by atoms with van der Waals surface area (Å²) in [4.78, 5) is 38.7. The summed E-state index contributed by atoms with van der Waals surface area (Å²) >= 11 is 0. The molecule has 0 aromatic heterocycles. The molecule has 0 spiro atoms. The van der Waals surface area contributed by atoms with Gasteiger partial charge < -0.3 is 10.4 Å². The number of nitrogens with one attached hydrogen (secondary N) is 1. The molecule has 1 heterocycles. The normalized spacial score (nSPS) is 20.7. The molecule has 2 N–H and O–H groups in total. The van der Waals surface area contributed by atoms with Gasteiger partial charge in [0.25, 0.3) is 0 Å². The summed E-state index contributed by atoms with van der Waals surface area (Å²) in [5.74, 6) is -2.87. The second-order valence-electron chi connectivity index (χ2n) is 7.73. The molecular formula is C23H16F3N3O4. The summed E-state index contributed by atoms with van der Waals surface area (Å²) < 4.78 is 39.8. The van der Waals surface area contributed by atoms with Crippen LogP contribution in [0.1, 0.15) is 35.6 Å². The summed E-state index contributed by atoms with van der Waals surface area (Å²) in [6.45, 7) is 0. The molecule has 0 saturated heterocycles. The van der Waals surface area contributed by atoms with Crippen LogP contribution in [-0.2, 0) is 15.8 Å². The summed E-state index contributed by atoms with van der Waals surface area (Å²) in [5, 5.41) is 21.1. The van der Waals surface area contributed by atoms with Crippen molar-refractivity contribution < 1.29 is 32.7 Å². The van der Waals surface area contributed by atoms with E-state index in [2.05, 4.69) is 5.32 Å². The fraction of sp³-hybridized carbons (Fsp3) is 0.217. The number of alkyl halides is 3. The maximum atomic E-state index is 13.3. The van der Waals surface area contributed by atoms with E-state index < -0.39 is 41.5 Å². The SMILES string of the molecule is N#Cc1ccc(C2NC(=O)N(c3cccc(C(F)(F)F)c3)C3=C2C(=O)CC(C(=O)O)C3)cc1. The summed E-state index contributed by atoms with van der Waals surface area (Å²) in [6.07, 6.45) is -5.16. The van der Waals surface area contributed by atoms with Crippen LogP contribution < -0.4 is 10.2 Å². The van der Waals surface area contributed by atoms with E-state index in [1.54, 1.807) is 12.1 Å². The fourth-order valence-corrected chi connectivity index (χ4v) is 4.10. The predicted molar refractivity (Wildman–Crippen MR) is 109 cm³/mol. The molecule has 1 aliphatic heterocycles. The van der Waals surface area contributed by atoms with Crippen molar-refractivity contribution in [2.24, 2.45) is 5.92 Å². The van der Waals surface area contributed by atoms with Crippen LogP contribution in [0.2, 0.25) is 0 Å². The Kier molecular flexibility index (Phi) is 5.41. The molecule has 4 rings (SSSR count). The lowest BCUT2D eigenvalue weighted by atomic mass is 9.79. The second-order valence-corrected chi connectivity index (χ2v) is 7.73. The van der Waals surface area contributed by atoms with Gasteiger partial charge in [0.2, 0.25) is 0 Å². The van der Waals surface area contributed by atoms with Gasteiger partial charge in [-0.25, -0.2) is 4.79 Å². The lowest BCUT2D eigenvalue weighted by Crippen LogP contribution is -2.51. The number of rotatable bonds is 3. The van der Waals surface area contributed by atoms with Crippen molar-refractivity contribution in [2.45, 2.75) is 25.1 Å². The molecule has 0 saturated carbocycles. The Bertz CT molecular complexity index is 1230. The van der Waals surface area contributed by atoms with E-state index in [-0.39, 0.29) is 29.8 Å². The molecule has 2 amide bonds. The van der Waals surface area contributed by atoms with E-state index in [4.69, 9.17) is 5.26 Å². The first-order valence-corrected chi connectivity index (χ1v) is 9.87. The number of ketones is 1. The first-order chi connectivity index (χ1) is 15.6. The van der Waals surface area contributed by atoms with Gasteiger partial charge >= 0.3 is 18.2 Å². The number of allylic oxidation sites excluding steroid dienone is 1. The van der Waals surface area contributed by atoms with Crippen LogP contribution >= 0.6 is 0 Å². The lowest BCUT2D eigenvalue weighted by Gasteiger charge is -2.40. The molecule has 7 nitrogen and oxygen atoms in total. The third-order valence-corrected chi connectivity index (χ3v) is 5.67. The lowest BCUT2D eigenvalue weighted by molar-refractivity contribution is -0.143. The number of hydrogen-bond acceptors (Lipinski definition) is 4. The van der Waals surface area contributed by atoms with E-state index >= 15 is 0 Å². The monoisotopic (exact) mass is 455 g/mol. The average Bonchev–Trinajstić information content (AvgIpc) is 2.77. The molecule has 0 radical (unpaired) electrons. The van der Waals surface area contributed by atoms with Crippen LogP contribution in [0.3, 0.4) is 0 Å². The number of anilines is 1. The molecule has 2 aromatic rings. The highest BCUT2D eigenvalue weighted by Crippen LogP contribution is 2.42. The number of carbonyl (C=O) groups is 3. The van der Waals surface area contributed by atoms with Gasteiger partial charge in [-0.3, -0.25) is 14.5 Å². The second kappa shape index (κ2) is 8.09. The molecular weight excluding hydrogens is 439 g/mol. The third-order valence-electron chi connectivity index (χ3n) is 5.67. The van der Waals surface area contributed by atoms with Gasteiger partial charge in [-0.2, -0.15) is 18.4 Å². The van der Waals surface area contributed by atoms with E-state index in [0.717, 1.165) is 23.1 Å². The standard InChI is InChI=1S/C23H16F3N3O4/c24-23(25,26)15-2-1-3-16(10-15)29-17-8-14(21(31)32)9-18(30)19(17)20(28-22(29)33)13-6-4-12(11-27)5-7-13/h1-7,10,14,20H,8-9H2,(H,28,33)(H,31,32). The number of nitriles is 1. The van der Waals surface area contributed by atoms with E-state index in [0.29, 0.717) is 11.1 Å². The summed E-state index contributed by atoms with van der Waals surface area (Å²) in [7, 11) is 0. The van der Waals surface area contributed by atoms with E-state index in [1.807, 2.05) is 6.07 Å². The Hall–Kier alpha value is -4.13. The van der Waals surface area contributed by atoms with Gasteiger partial charge in [0, 0.05) is 24.1 Å². The zero-order chi connectivity index (χ0) is 23.9. The number of carbonyl (C=O) groups excluding carboxylic acids is 2. The van der Waals surface area contributed by atoms with Gasteiger partial charge in [0.1, 0.15) is 0 Å². The molecule has 2 atom stereocenters. The zero-order valence-electron chi connectivity index (χ0n) is 16.9. The summed E-state index contributed by atoms with van der Waals surface area (Å²) in [5.41, 5.74) is -0.0967. The maximum absolute atomic E-state index is 13.3. The predicted octanol–water partition coefficient (Wildman–Crippen LogP) is 4.17. The number of urea groups is 1. The molecule has 1 aliphatic carbocycles. The quantitative estimate of drug-likeness (QED) is 0.722. The largest absolute Gasteiger partial charge is 0.481 e. The molecule has 10 heteroatoms. The highest BCUT2D eigenvalue weighted by atomic mass is 19.4. The first kappa shape index (κ1) is 22.1. The highest BCUT2D eigenvalue weighted by Gasteiger charge is 2.44. The van der Waals surface area contributed by atoms with Crippen LogP contribution in [0.25, 0.3) is 0 Å². The van der Waals surface area contributed by atoms with Gasteiger partial charge in [0.05, 0.1) is 34.8 Å². The number of carboxylic acids is 1. The number of carboxylic acid groups (broad SMARTS) is 1. The minimum Gasteiger partial charge on any atom is -0.481 e. The number of aliphatic carboxylic acids is 1. The van der Waals surface area contributed by atoms with Gasteiger partial charge in [-0.1, -0.05) is 18.2 Å². The minimum atomic E-state index is -4.66. The molecule has 0 bridgehead atoms. The van der Waals surface area contributed by atoms with Crippen LogP contribution in [0.5, 0.6) is 0 Å². The highest BCUT2D eigenvalue weighted by molar-refractivity contribution is 6.07. The van der Waals surface area contributed by atoms with Crippen molar-refractivity contribution in [2.75, 3.05) is 4.90 Å². The van der Waals surface area contributed by atoms with Crippen LogP contribution in [0, 0.1) is 17.2 Å². The van der Waals surface area contributed by atoms with Gasteiger partial charge in [-0.15, -0.1) is 0 Å². The van der Waals surface area contributed by atoms with Crippen LogP contribution in [0.15, 0.2) is 59.8 Å². The Morgan fingerprint density at radius 2 is 1.82 bits per heavy atom. The van der Waals surface area contributed by atoms with Crippen LogP contribution in [0.4, 0.5) is 23.7 Å². The number of benzene rings is 2. The number of nitrogens with zero attached hydrogens (tertiary/aromatic N) is 2. The van der Waals surface area contributed by atoms with Crippen molar-refractivity contribution >= 4 is 23.5 Å². The number of halogens is 3. The molecule has 0 fully saturated rings. The van der Waals surface area contributed by atoms with Crippen LogP contribution in [-0.4, -0.2) is 22.9 Å². The summed E-state index contributed by atoms with van der Waals surface area (Å²) in [6, 6.07) is 10.4. The molecule has 2 aliphatic rings. The van der Waals surface area contributed by atoms with Crippen molar-refractivity contribution in [1.82, 2.24) is 5.32 Å². The number of hydrogen-bond donors (Lipinski definition) is 2. The first-order valence-electron chi connectivity index (χ1n) is 9.87. The minimum absolute atomic E-state index is 0.0519. The number of Topliss-reactive ketones (excluding diaryl/α,β-unsaturated/α-hetero) is 1. The van der Waals surface area contributed by atoms with E-state index in [1.165, 1.54) is 18.2 Å². The van der Waals surface area contributed by atoms with Gasteiger partial charge in [-0.05, 0) is 35.9 Å². The molecule has 2 aromatic carbocycles. The Balaban J connectivity index is 1.87. The maximum Gasteiger partial charge on any atom is 0.416 e. The fourth-order valence-electron chi connectivity index (χ4n) is 4.10. The topological polar surface area (TPSA) is 111 Å². The molecule has 33 heavy (non-hydrogen) atoms. The third kappa shape index (κ3) is 4.05. The van der Waals surface area contributed by atoms with Crippen molar-refractivity contribution in [3.05, 3.63) is 76.5 Å². The zero-order valence-corrected chi connectivity index (χ0v) is 16.9. The number of amides is 2. The Labute approximate surface area is 185 Å². The van der Waals surface area contributed by atoms with Crippen molar-refractivity contribution in [3.8, 4) is 6.07 Å². The average molecular weight is 455 g/mol. The van der Waals surface area contributed by atoms with Crippen molar-refractivity contribution in [1.29, 1.82) is 5.26 Å². The van der Waals surface area contributed by atoms with Gasteiger partial charge in [0.15, 0.2) is 5.78 Å². The smallest absolute Gasteiger partial charge is 0.416 e. The van der Waals surface area contributed by atoms with Crippen molar-refractivity contribution in [3.63, 3.8) is 0 Å². The van der Waals surface area contributed by atoms with E-state index in [9.17, 15) is 32.7 Å².